The largest absolute Gasteiger partial charge is 0.461 e. The van der Waals surface area contributed by atoms with Crippen LogP contribution in [0.5, 0.6) is 0 Å². The standard InChI is InChI=1S/C15H15NO4/c1-2-10-5-3-4-6-11(10)9-20-14(18)8-12-7-13(17)16-15(12)19/h3-7H,2,8-9H2,1H3,(H,16,17,19). The first-order valence-corrected chi connectivity index (χ1v) is 6.38. The van der Waals surface area contributed by atoms with E-state index < -0.39 is 17.8 Å². The van der Waals surface area contributed by atoms with E-state index in [0.29, 0.717) is 0 Å². The van der Waals surface area contributed by atoms with Crippen molar-refractivity contribution in [3.8, 4) is 0 Å². The minimum absolute atomic E-state index is 0.142. The Labute approximate surface area is 116 Å². The molecule has 104 valence electrons. The first-order chi connectivity index (χ1) is 9.60. The monoisotopic (exact) mass is 273 g/mol. The molecule has 1 aromatic carbocycles. The average Bonchev–Trinajstić information content (AvgIpc) is 2.75. The molecule has 0 aliphatic carbocycles. The molecule has 0 unspecified atom stereocenters. The fourth-order valence-electron chi connectivity index (χ4n) is 1.99. The van der Waals surface area contributed by atoms with Gasteiger partial charge in [0.25, 0.3) is 11.8 Å². The van der Waals surface area contributed by atoms with Crippen LogP contribution in [0.1, 0.15) is 24.5 Å². The molecule has 0 saturated carbocycles. The molecule has 1 aliphatic rings. The van der Waals surface area contributed by atoms with E-state index >= 15 is 0 Å². The van der Waals surface area contributed by atoms with Gasteiger partial charge in [-0.25, -0.2) is 0 Å². The van der Waals surface area contributed by atoms with E-state index in [1.165, 1.54) is 0 Å². The summed E-state index contributed by atoms with van der Waals surface area (Å²) in [6.07, 6.45) is 1.80. The van der Waals surface area contributed by atoms with Crippen molar-refractivity contribution in [2.45, 2.75) is 26.4 Å². The highest BCUT2D eigenvalue weighted by Crippen LogP contribution is 2.13. The molecule has 2 rings (SSSR count). The van der Waals surface area contributed by atoms with E-state index in [4.69, 9.17) is 4.74 Å². The van der Waals surface area contributed by atoms with Gasteiger partial charge in [-0.1, -0.05) is 31.2 Å². The van der Waals surface area contributed by atoms with E-state index in [9.17, 15) is 14.4 Å². The summed E-state index contributed by atoms with van der Waals surface area (Å²) >= 11 is 0. The molecular formula is C15H15NO4. The summed E-state index contributed by atoms with van der Waals surface area (Å²) in [5.41, 5.74) is 2.21. The Morgan fingerprint density at radius 1 is 1.20 bits per heavy atom. The fourth-order valence-corrected chi connectivity index (χ4v) is 1.99. The third kappa shape index (κ3) is 3.32. The Kier molecular flexibility index (Phi) is 4.30. The molecule has 1 heterocycles. The Bertz CT molecular complexity index is 589. The van der Waals surface area contributed by atoms with E-state index in [2.05, 4.69) is 5.32 Å². The van der Waals surface area contributed by atoms with Gasteiger partial charge in [0.1, 0.15) is 6.61 Å². The third-order valence-electron chi connectivity index (χ3n) is 3.06. The molecule has 0 saturated heterocycles. The Morgan fingerprint density at radius 2 is 1.90 bits per heavy atom. The van der Waals surface area contributed by atoms with Gasteiger partial charge in [-0.15, -0.1) is 0 Å². The SMILES string of the molecule is CCc1ccccc1COC(=O)CC1=CC(=O)NC1=O. The van der Waals surface area contributed by atoms with Gasteiger partial charge in [-0.05, 0) is 17.5 Å². The second-order valence-corrected chi connectivity index (χ2v) is 4.45. The van der Waals surface area contributed by atoms with Gasteiger partial charge in [-0.3, -0.25) is 19.7 Å². The lowest BCUT2D eigenvalue weighted by Gasteiger charge is -2.08. The van der Waals surface area contributed by atoms with Crippen molar-refractivity contribution in [2.24, 2.45) is 0 Å². The molecule has 20 heavy (non-hydrogen) atoms. The number of rotatable bonds is 5. The lowest BCUT2D eigenvalue weighted by molar-refractivity contribution is -0.144. The third-order valence-corrected chi connectivity index (χ3v) is 3.06. The van der Waals surface area contributed by atoms with Gasteiger partial charge in [0.15, 0.2) is 0 Å². The molecule has 1 N–H and O–H groups in total. The summed E-state index contributed by atoms with van der Waals surface area (Å²) in [6.45, 7) is 2.20. The van der Waals surface area contributed by atoms with Gasteiger partial charge in [0, 0.05) is 11.6 Å². The number of hydrogen-bond acceptors (Lipinski definition) is 4. The molecule has 0 bridgehead atoms. The molecule has 1 aromatic rings. The topological polar surface area (TPSA) is 72.5 Å². The van der Waals surface area contributed by atoms with E-state index in [0.717, 1.165) is 23.6 Å². The lowest BCUT2D eigenvalue weighted by Crippen LogP contribution is -2.23. The van der Waals surface area contributed by atoms with Crippen molar-refractivity contribution in [2.75, 3.05) is 0 Å². The molecule has 0 radical (unpaired) electrons. The zero-order chi connectivity index (χ0) is 14.5. The summed E-state index contributed by atoms with van der Waals surface area (Å²) in [5.74, 6) is -1.54. The predicted octanol–water partition coefficient (Wildman–Crippen LogP) is 1.27. The van der Waals surface area contributed by atoms with Gasteiger partial charge >= 0.3 is 5.97 Å². The maximum atomic E-state index is 11.7. The zero-order valence-electron chi connectivity index (χ0n) is 11.1. The van der Waals surface area contributed by atoms with Crippen LogP contribution in [0.15, 0.2) is 35.9 Å². The van der Waals surface area contributed by atoms with Crippen LogP contribution in [0.2, 0.25) is 0 Å². The van der Waals surface area contributed by atoms with Crippen molar-refractivity contribution in [1.82, 2.24) is 5.32 Å². The van der Waals surface area contributed by atoms with Crippen molar-refractivity contribution >= 4 is 17.8 Å². The predicted molar refractivity (Wildman–Crippen MR) is 71.5 cm³/mol. The molecule has 0 atom stereocenters. The van der Waals surface area contributed by atoms with E-state index in [1.807, 2.05) is 31.2 Å². The quantitative estimate of drug-likeness (QED) is 0.647. The van der Waals surface area contributed by atoms with Gasteiger partial charge < -0.3 is 4.74 Å². The Balaban J connectivity index is 1.91. The minimum Gasteiger partial charge on any atom is -0.461 e. The van der Waals surface area contributed by atoms with E-state index in [1.54, 1.807) is 0 Å². The Hall–Kier alpha value is -2.43. The summed E-state index contributed by atoms with van der Waals surface area (Å²) in [7, 11) is 0. The van der Waals surface area contributed by atoms with Gasteiger partial charge in [0.05, 0.1) is 6.42 Å². The molecule has 1 aliphatic heterocycles. The number of aryl methyl sites for hydroxylation is 1. The highest BCUT2D eigenvalue weighted by molar-refractivity contribution is 6.17. The maximum absolute atomic E-state index is 11.7. The zero-order valence-corrected chi connectivity index (χ0v) is 11.1. The number of hydrogen-bond donors (Lipinski definition) is 1. The normalized spacial score (nSPS) is 13.9. The summed E-state index contributed by atoms with van der Waals surface area (Å²) < 4.78 is 5.15. The number of carbonyl (C=O) groups excluding carboxylic acids is 3. The summed E-state index contributed by atoms with van der Waals surface area (Å²) in [6, 6.07) is 7.70. The molecular weight excluding hydrogens is 258 g/mol. The van der Waals surface area contributed by atoms with Crippen LogP contribution in [0.25, 0.3) is 0 Å². The number of amides is 2. The van der Waals surface area contributed by atoms with Gasteiger partial charge in [0.2, 0.25) is 0 Å². The van der Waals surface area contributed by atoms with E-state index in [-0.39, 0.29) is 18.6 Å². The van der Waals surface area contributed by atoms with Crippen LogP contribution < -0.4 is 5.32 Å². The average molecular weight is 273 g/mol. The lowest BCUT2D eigenvalue weighted by atomic mass is 10.1. The molecule has 0 spiro atoms. The molecule has 5 nitrogen and oxygen atoms in total. The molecule has 0 fully saturated rings. The van der Waals surface area contributed by atoms with Crippen molar-refractivity contribution in [3.63, 3.8) is 0 Å². The van der Waals surface area contributed by atoms with Gasteiger partial charge in [-0.2, -0.15) is 0 Å². The van der Waals surface area contributed by atoms with Crippen LogP contribution in [0.3, 0.4) is 0 Å². The van der Waals surface area contributed by atoms with Crippen LogP contribution in [-0.2, 0) is 32.1 Å². The first kappa shape index (κ1) is 14.0. The second kappa shape index (κ2) is 6.14. The number of benzene rings is 1. The van der Waals surface area contributed by atoms with Crippen LogP contribution in [-0.4, -0.2) is 17.8 Å². The van der Waals surface area contributed by atoms with Crippen molar-refractivity contribution in [1.29, 1.82) is 0 Å². The Morgan fingerprint density at radius 3 is 2.50 bits per heavy atom. The number of esters is 1. The highest BCUT2D eigenvalue weighted by Gasteiger charge is 2.23. The number of ether oxygens (including phenoxy) is 1. The minimum atomic E-state index is -0.527. The fraction of sp³-hybridized carbons (Fsp3) is 0.267. The molecule has 2 amide bonds. The van der Waals surface area contributed by atoms with Crippen LogP contribution >= 0.6 is 0 Å². The first-order valence-electron chi connectivity index (χ1n) is 6.38. The number of carbonyl (C=O) groups is 3. The summed E-state index contributed by atoms with van der Waals surface area (Å²) in [4.78, 5) is 33.9. The van der Waals surface area contributed by atoms with Crippen LogP contribution in [0, 0.1) is 0 Å². The molecule has 5 heteroatoms. The van der Waals surface area contributed by atoms with Crippen LogP contribution in [0.4, 0.5) is 0 Å². The second-order valence-electron chi connectivity index (χ2n) is 4.45. The molecule has 0 aromatic heterocycles. The van der Waals surface area contributed by atoms with Crippen molar-refractivity contribution in [3.05, 3.63) is 47.0 Å². The van der Waals surface area contributed by atoms with Crippen molar-refractivity contribution < 1.29 is 19.1 Å². The number of nitrogens with one attached hydrogen (secondary N) is 1. The number of imide groups is 1. The summed E-state index contributed by atoms with van der Waals surface area (Å²) in [5, 5.41) is 2.09. The highest BCUT2D eigenvalue weighted by atomic mass is 16.5. The smallest absolute Gasteiger partial charge is 0.310 e. The maximum Gasteiger partial charge on any atom is 0.310 e.